The maximum Gasteiger partial charge on any atom is 0.257 e. The molecule has 0 spiro atoms. The fraction of sp³-hybridized carbons (Fsp3) is 0.440. The quantitative estimate of drug-likeness (QED) is 0.0556. The summed E-state index contributed by atoms with van der Waals surface area (Å²) in [5.74, 6) is -1.89. The van der Waals surface area contributed by atoms with Crippen LogP contribution in [0.2, 0.25) is 0 Å². The second kappa shape index (κ2) is 24.8. The van der Waals surface area contributed by atoms with Crippen LogP contribution in [0.15, 0.2) is 60.7 Å². The Labute approximate surface area is 407 Å². The Bertz CT molecular complexity index is 2520. The van der Waals surface area contributed by atoms with Gasteiger partial charge >= 0.3 is 0 Å². The highest BCUT2D eigenvalue weighted by Gasteiger charge is 2.36. The highest BCUT2D eigenvalue weighted by atomic mass is 16.5. The number of nitrogens with two attached hydrogens (primary N) is 4. The van der Waals surface area contributed by atoms with Gasteiger partial charge in [0.05, 0.1) is 17.9 Å². The third-order valence-electron chi connectivity index (χ3n) is 12.2. The lowest BCUT2D eigenvalue weighted by atomic mass is 9.93. The number of carbonyl (C=O) groups is 5. The average molecular weight is 961 g/mol. The van der Waals surface area contributed by atoms with Gasteiger partial charge in [0.15, 0.2) is 5.82 Å². The zero-order valence-electron chi connectivity index (χ0n) is 39.9. The monoisotopic (exact) mass is 960 g/mol. The minimum absolute atomic E-state index is 0.00792. The van der Waals surface area contributed by atoms with Crippen molar-refractivity contribution in [2.75, 3.05) is 52.2 Å². The van der Waals surface area contributed by atoms with Gasteiger partial charge in [-0.1, -0.05) is 25.0 Å². The molecule has 0 saturated heterocycles. The van der Waals surface area contributed by atoms with Gasteiger partial charge in [0.25, 0.3) is 5.91 Å². The van der Waals surface area contributed by atoms with Crippen LogP contribution in [0.1, 0.15) is 85.1 Å². The number of nitriles is 1. The number of nitrogens with zero attached hydrogens (tertiary/aromatic N) is 4. The van der Waals surface area contributed by atoms with Crippen LogP contribution in [0, 0.1) is 18.3 Å². The Hall–Kier alpha value is -7.34. The van der Waals surface area contributed by atoms with Crippen molar-refractivity contribution in [2.24, 2.45) is 17.2 Å². The number of anilines is 1. The van der Waals surface area contributed by atoms with Crippen molar-refractivity contribution in [3.05, 3.63) is 83.0 Å². The first-order valence-corrected chi connectivity index (χ1v) is 23.6. The molecule has 1 aromatic heterocycles. The van der Waals surface area contributed by atoms with Crippen LogP contribution in [-0.2, 0) is 25.6 Å². The van der Waals surface area contributed by atoms with E-state index >= 15 is 0 Å². The molecular formula is C50H64N12O8. The van der Waals surface area contributed by atoms with Gasteiger partial charge in [-0.15, -0.1) is 0 Å². The molecule has 0 unspecified atom stereocenters. The van der Waals surface area contributed by atoms with Crippen LogP contribution in [0.5, 0.6) is 17.2 Å². The van der Waals surface area contributed by atoms with Gasteiger partial charge in [0, 0.05) is 43.2 Å². The van der Waals surface area contributed by atoms with E-state index in [2.05, 4.69) is 31.2 Å². The Balaban J connectivity index is 1.33. The van der Waals surface area contributed by atoms with Gasteiger partial charge < -0.3 is 63.3 Å². The van der Waals surface area contributed by atoms with Crippen molar-refractivity contribution in [1.29, 1.82) is 5.26 Å². The van der Waals surface area contributed by atoms with E-state index in [1.165, 1.54) is 26.8 Å². The molecule has 1 fully saturated rings. The Morgan fingerprint density at radius 1 is 0.871 bits per heavy atom. The smallest absolute Gasteiger partial charge is 0.257 e. The molecule has 4 aromatic rings. The Kier molecular flexibility index (Phi) is 18.4. The van der Waals surface area contributed by atoms with Gasteiger partial charge in [0.1, 0.15) is 72.6 Å². The molecule has 1 saturated carbocycles. The Morgan fingerprint density at radius 3 is 2.16 bits per heavy atom. The summed E-state index contributed by atoms with van der Waals surface area (Å²) in [4.78, 5) is 80.9. The van der Waals surface area contributed by atoms with Crippen molar-refractivity contribution in [3.8, 4) is 45.8 Å². The van der Waals surface area contributed by atoms with Crippen molar-refractivity contribution in [3.63, 3.8) is 0 Å². The predicted octanol–water partition coefficient (Wildman–Crippen LogP) is 2.31. The van der Waals surface area contributed by atoms with Crippen LogP contribution in [0.4, 0.5) is 5.82 Å². The first-order valence-electron chi connectivity index (χ1n) is 23.6. The molecule has 2 heterocycles. The number of hydrogen-bond acceptors (Lipinski definition) is 15. The molecule has 0 radical (unpaired) electrons. The molecule has 1 aliphatic heterocycles. The fourth-order valence-electron chi connectivity index (χ4n) is 8.60. The van der Waals surface area contributed by atoms with Crippen molar-refractivity contribution >= 4 is 35.4 Å². The maximum atomic E-state index is 14.8. The summed E-state index contributed by atoms with van der Waals surface area (Å²) in [6, 6.07) is 14.2. The van der Waals surface area contributed by atoms with E-state index in [4.69, 9.17) is 37.1 Å². The van der Waals surface area contributed by atoms with Crippen LogP contribution in [-0.4, -0.2) is 115 Å². The van der Waals surface area contributed by atoms with E-state index in [1.807, 2.05) is 30.3 Å². The van der Waals surface area contributed by atoms with E-state index in [1.54, 1.807) is 43.3 Å². The normalized spacial score (nSPS) is 17.8. The number of hydrogen-bond donors (Lipinski definition) is 8. The van der Waals surface area contributed by atoms with Gasteiger partial charge in [-0.25, -0.2) is 9.97 Å². The zero-order chi connectivity index (χ0) is 50.3. The second-order valence-corrected chi connectivity index (χ2v) is 17.3. The largest absolute Gasteiger partial charge is 0.492 e. The van der Waals surface area contributed by atoms with E-state index in [0.29, 0.717) is 45.1 Å². The van der Waals surface area contributed by atoms with Gasteiger partial charge in [0.2, 0.25) is 23.6 Å². The molecule has 4 bridgehead atoms. The molecule has 2 aliphatic rings. The van der Waals surface area contributed by atoms with E-state index in [-0.39, 0.29) is 75.4 Å². The number of carbonyl (C=O) groups excluding carboxylic acids is 5. The number of aromatic nitrogens is 2. The standard InChI is InChI=1S/C50H64N12O8/c1-29-42(44(55)61-45(57-29)32-11-14-35(15-12-32)70-34-8-6-4-5-7-9-34)48(65)59-38(18-19-51)50(67)62(3)43-33-13-17-41(69-25-22-54)37(28-33)36-26-31(10-16-40(36)68-24-21-53)27-39(47(64)56-23-20-52)60-46(63)30(2)58-49(43)66/h10-17,26,28,30,34,38-39,43H,4-9,18-19,21-25,27,51,53-54H2,1-3H3,(H,56,64)(H,58,66)(H,59,65)(H,60,63)(H2,55,57,61)/t30-,38-,39-,43-/m0/s1. The number of likely N-dealkylation sites (N-methyl/N-ethyl adjacent to an activating group) is 1. The summed E-state index contributed by atoms with van der Waals surface area (Å²) in [6.45, 7) is 3.33. The van der Waals surface area contributed by atoms with Crippen LogP contribution in [0.25, 0.3) is 22.5 Å². The lowest BCUT2D eigenvalue weighted by molar-refractivity contribution is -0.141. The molecule has 6 rings (SSSR count). The average Bonchev–Trinajstić information content (AvgIpc) is 3.62. The minimum Gasteiger partial charge on any atom is -0.492 e. The van der Waals surface area contributed by atoms with Crippen molar-refractivity contribution < 1.29 is 38.2 Å². The van der Waals surface area contributed by atoms with Crippen LogP contribution in [0.3, 0.4) is 0 Å². The summed E-state index contributed by atoms with van der Waals surface area (Å²) in [5, 5.41) is 19.9. The first-order chi connectivity index (χ1) is 33.8. The lowest BCUT2D eigenvalue weighted by Gasteiger charge is -2.32. The molecule has 12 N–H and O–H groups in total. The number of benzene rings is 3. The highest BCUT2D eigenvalue weighted by Crippen LogP contribution is 2.40. The molecule has 70 heavy (non-hydrogen) atoms. The topological polar surface area (TPSA) is 318 Å². The summed E-state index contributed by atoms with van der Waals surface area (Å²) < 4.78 is 18.4. The fourth-order valence-corrected chi connectivity index (χ4v) is 8.60. The third-order valence-corrected chi connectivity index (χ3v) is 12.2. The summed E-state index contributed by atoms with van der Waals surface area (Å²) >= 11 is 0. The third kappa shape index (κ3) is 13.0. The van der Waals surface area contributed by atoms with Crippen LogP contribution >= 0.6 is 0 Å². The number of ether oxygens (including phenoxy) is 3. The molecule has 20 heteroatoms. The zero-order valence-corrected chi connectivity index (χ0v) is 39.9. The minimum atomic E-state index is -1.44. The van der Waals surface area contributed by atoms with Gasteiger partial charge in [-0.3, -0.25) is 24.0 Å². The van der Waals surface area contributed by atoms with Crippen molar-refractivity contribution in [2.45, 2.75) is 95.5 Å². The van der Waals surface area contributed by atoms with Crippen LogP contribution < -0.4 is 58.4 Å². The molecule has 20 nitrogen and oxygen atoms in total. The van der Waals surface area contributed by atoms with E-state index in [0.717, 1.165) is 36.3 Å². The molecule has 3 aromatic carbocycles. The summed E-state index contributed by atoms with van der Waals surface area (Å²) in [6.07, 6.45) is 6.90. The molecule has 372 valence electrons. The summed E-state index contributed by atoms with van der Waals surface area (Å²) in [7, 11) is 1.39. The first kappa shape index (κ1) is 52.0. The van der Waals surface area contributed by atoms with E-state index < -0.39 is 53.7 Å². The van der Waals surface area contributed by atoms with Crippen molar-refractivity contribution in [1.82, 2.24) is 36.1 Å². The molecular weight excluding hydrogens is 897 g/mol. The number of nitrogen functional groups attached to an aromatic ring is 1. The molecule has 5 amide bonds. The number of amides is 5. The van der Waals surface area contributed by atoms with Gasteiger partial charge in [-0.2, -0.15) is 5.26 Å². The maximum absolute atomic E-state index is 14.8. The van der Waals surface area contributed by atoms with E-state index in [9.17, 15) is 29.2 Å². The Morgan fingerprint density at radius 2 is 1.53 bits per heavy atom. The number of aryl methyl sites for hydroxylation is 1. The SMILES string of the molecule is Cc1nc(-c2ccc(OC3CCCCCC3)cc2)nc(N)c1C(=O)N[C@@H](CCN)C(=O)N(C)[C@@H]1C(=O)N[C@@H](C)C(=O)N[C@H](C(=O)NCC#N)Cc2ccc(OCCN)c(c2)-c2cc1ccc2OCCN. The second-order valence-electron chi connectivity index (χ2n) is 17.3. The number of rotatable bonds is 17. The number of nitrogens with one attached hydrogen (secondary N) is 4. The molecule has 4 atom stereocenters. The van der Waals surface area contributed by atoms with Gasteiger partial charge in [-0.05, 0) is 112 Å². The predicted molar refractivity (Wildman–Crippen MR) is 262 cm³/mol. The molecule has 1 aliphatic carbocycles. The summed E-state index contributed by atoms with van der Waals surface area (Å²) in [5.41, 5.74) is 26.9. The lowest BCUT2D eigenvalue weighted by Crippen LogP contribution is -2.56. The highest BCUT2D eigenvalue weighted by molar-refractivity contribution is 6.02. The number of fused-ring (bicyclic) bond motifs is 5.